The van der Waals surface area contributed by atoms with E-state index in [1.807, 2.05) is 0 Å². The molecule has 0 unspecified atom stereocenters. The molecule has 0 spiro atoms. The zero-order chi connectivity index (χ0) is 23.0. The summed E-state index contributed by atoms with van der Waals surface area (Å²) in [5.74, 6) is -0.963. The van der Waals surface area contributed by atoms with Gasteiger partial charge < -0.3 is 0 Å². The van der Waals surface area contributed by atoms with Crippen LogP contribution in [0.4, 0.5) is 17.6 Å². The van der Waals surface area contributed by atoms with Crippen LogP contribution in [0.15, 0.2) is 24.5 Å². The first kappa shape index (κ1) is 23.4. The van der Waals surface area contributed by atoms with Gasteiger partial charge in [-0.15, -0.1) is 11.3 Å². The first-order chi connectivity index (χ1) is 15.1. The fourth-order valence-corrected chi connectivity index (χ4v) is 5.20. The summed E-state index contributed by atoms with van der Waals surface area (Å²) in [6.07, 6.45) is -1.04. The quantitative estimate of drug-likeness (QED) is 0.288. The second kappa shape index (κ2) is 9.21. The van der Waals surface area contributed by atoms with Crippen LogP contribution < -0.4 is 0 Å². The van der Waals surface area contributed by atoms with Crippen molar-refractivity contribution in [3.8, 4) is 11.3 Å². The molecule has 1 aliphatic rings. The monoisotopic (exact) mass is 504 g/mol. The van der Waals surface area contributed by atoms with Crippen molar-refractivity contribution in [2.45, 2.75) is 44.9 Å². The molecule has 1 atom stereocenters. The van der Waals surface area contributed by atoms with Crippen LogP contribution >= 0.6 is 34.5 Å². The summed E-state index contributed by atoms with van der Waals surface area (Å²) in [6.45, 7) is 3.52. The van der Waals surface area contributed by atoms with Crippen molar-refractivity contribution in [2.24, 2.45) is 0 Å². The molecule has 0 amide bonds. The van der Waals surface area contributed by atoms with Crippen LogP contribution in [0, 0.1) is 5.82 Å². The maximum atomic E-state index is 14.1. The van der Waals surface area contributed by atoms with Crippen molar-refractivity contribution in [2.75, 3.05) is 6.54 Å². The van der Waals surface area contributed by atoms with Crippen molar-refractivity contribution >= 4 is 34.5 Å². The number of nitrogens with zero attached hydrogens (tertiary/aromatic N) is 4. The molecule has 1 saturated heterocycles. The molecule has 2 aromatic heterocycles. The van der Waals surface area contributed by atoms with Gasteiger partial charge in [-0.25, -0.2) is 19.3 Å². The summed E-state index contributed by atoms with van der Waals surface area (Å²) in [5, 5.41) is 0.904. The summed E-state index contributed by atoms with van der Waals surface area (Å²) in [4.78, 5) is 15.6. The molecule has 11 heteroatoms. The Morgan fingerprint density at radius 1 is 1.19 bits per heavy atom. The van der Waals surface area contributed by atoms with E-state index in [2.05, 4.69) is 26.8 Å². The van der Waals surface area contributed by atoms with Gasteiger partial charge in [0.15, 0.2) is 5.15 Å². The third kappa shape index (κ3) is 5.06. The summed E-state index contributed by atoms with van der Waals surface area (Å²) < 4.78 is 54.0. The van der Waals surface area contributed by atoms with Crippen molar-refractivity contribution in [3.63, 3.8) is 0 Å². The van der Waals surface area contributed by atoms with Crippen LogP contribution in [0.3, 0.4) is 0 Å². The number of thiazole rings is 1. The minimum absolute atomic E-state index is 0.0912. The van der Waals surface area contributed by atoms with Gasteiger partial charge in [-0.3, -0.25) is 4.90 Å². The van der Waals surface area contributed by atoms with Crippen molar-refractivity contribution in [3.05, 3.63) is 61.7 Å². The SMILES string of the molecule is C[C@@H]1CCCN1Cc1sc(Cc2ncnc(Cl)c2Cl)nc1-c1cc(F)cc(C(F)(F)F)c1. The highest BCUT2D eigenvalue weighted by atomic mass is 35.5. The first-order valence-electron chi connectivity index (χ1n) is 9.87. The van der Waals surface area contributed by atoms with Gasteiger partial charge in [-0.1, -0.05) is 23.2 Å². The molecule has 170 valence electrons. The Bertz CT molecular complexity index is 1140. The Morgan fingerprint density at radius 3 is 2.66 bits per heavy atom. The van der Waals surface area contributed by atoms with E-state index in [0.29, 0.717) is 35.0 Å². The number of aromatic nitrogens is 3. The molecular formula is C21H18Cl2F4N4S. The van der Waals surface area contributed by atoms with Crippen LogP contribution in [0.1, 0.15) is 40.9 Å². The van der Waals surface area contributed by atoms with Gasteiger partial charge in [0.1, 0.15) is 12.1 Å². The van der Waals surface area contributed by atoms with Gasteiger partial charge >= 0.3 is 6.18 Å². The average molecular weight is 505 g/mol. The molecule has 0 aliphatic carbocycles. The summed E-state index contributed by atoms with van der Waals surface area (Å²) >= 11 is 13.5. The summed E-state index contributed by atoms with van der Waals surface area (Å²) in [6, 6.07) is 2.86. The predicted molar refractivity (Wildman–Crippen MR) is 116 cm³/mol. The molecule has 0 bridgehead atoms. The van der Waals surface area contributed by atoms with Crippen LogP contribution in [0.25, 0.3) is 11.3 Å². The second-order valence-electron chi connectivity index (χ2n) is 7.67. The van der Waals surface area contributed by atoms with Gasteiger partial charge in [0, 0.05) is 29.4 Å². The number of likely N-dealkylation sites (tertiary alicyclic amines) is 1. The maximum Gasteiger partial charge on any atom is 0.416 e. The minimum Gasteiger partial charge on any atom is -0.296 e. The highest BCUT2D eigenvalue weighted by Gasteiger charge is 2.32. The Morgan fingerprint density at radius 2 is 1.97 bits per heavy atom. The van der Waals surface area contributed by atoms with Crippen molar-refractivity contribution < 1.29 is 17.6 Å². The number of hydrogen-bond acceptors (Lipinski definition) is 5. The molecule has 1 aromatic carbocycles. The van der Waals surface area contributed by atoms with Crippen LogP contribution in [0.5, 0.6) is 0 Å². The largest absolute Gasteiger partial charge is 0.416 e. The second-order valence-corrected chi connectivity index (χ2v) is 9.57. The third-order valence-corrected chi connectivity index (χ3v) is 7.24. The van der Waals surface area contributed by atoms with Crippen molar-refractivity contribution in [1.29, 1.82) is 0 Å². The van der Waals surface area contributed by atoms with E-state index in [1.165, 1.54) is 17.7 Å². The van der Waals surface area contributed by atoms with E-state index in [-0.39, 0.29) is 22.2 Å². The number of benzene rings is 1. The fourth-order valence-electron chi connectivity index (χ4n) is 3.76. The van der Waals surface area contributed by atoms with Gasteiger partial charge in [0.05, 0.1) is 27.0 Å². The van der Waals surface area contributed by atoms with Crippen LogP contribution in [0.2, 0.25) is 10.2 Å². The van der Waals surface area contributed by atoms with E-state index in [1.54, 1.807) is 0 Å². The highest BCUT2D eigenvalue weighted by Crippen LogP contribution is 2.37. The van der Waals surface area contributed by atoms with Crippen LogP contribution in [-0.4, -0.2) is 32.4 Å². The lowest BCUT2D eigenvalue weighted by Gasteiger charge is -2.20. The number of rotatable bonds is 5. The molecule has 1 aliphatic heterocycles. The topological polar surface area (TPSA) is 41.9 Å². The zero-order valence-corrected chi connectivity index (χ0v) is 19.2. The number of hydrogen-bond donors (Lipinski definition) is 0. The lowest BCUT2D eigenvalue weighted by Crippen LogP contribution is -2.25. The van der Waals surface area contributed by atoms with Gasteiger partial charge in [0.2, 0.25) is 0 Å². The first-order valence-corrected chi connectivity index (χ1v) is 11.4. The third-order valence-electron chi connectivity index (χ3n) is 5.42. The van der Waals surface area contributed by atoms with Crippen molar-refractivity contribution in [1.82, 2.24) is 19.9 Å². The van der Waals surface area contributed by atoms with E-state index < -0.39 is 17.6 Å². The Hall–Kier alpha value is -1.81. The number of alkyl halides is 3. The molecule has 3 aromatic rings. The average Bonchev–Trinajstić information content (AvgIpc) is 3.31. The zero-order valence-electron chi connectivity index (χ0n) is 16.9. The Labute approximate surface area is 196 Å². The number of halogens is 6. The lowest BCUT2D eigenvalue weighted by atomic mass is 10.1. The van der Waals surface area contributed by atoms with E-state index >= 15 is 0 Å². The Balaban J connectivity index is 1.76. The molecule has 0 N–H and O–H groups in total. The van der Waals surface area contributed by atoms with Gasteiger partial charge in [0.25, 0.3) is 0 Å². The predicted octanol–water partition coefficient (Wildman–Crippen LogP) is 6.64. The maximum absolute atomic E-state index is 14.1. The lowest BCUT2D eigenvalue weighted by molar-refractivity contribution is -0.137. The van der Waals surface area contributed by atoms with E-state index in [9.17, 15) is 17.6 Å². The Kier molecular flexibility index (Phi) is 6.72. The molecule has 4 nitrogen and oxygen atoms in total. The molecule has 0 saturated carbocycles. The normalized spacial score (nSPS) is 17.3. The van der Waals surface area contributed by atoms with Gasteiger partial charge in [-0.05, 0) is 44.5 Å². The molecule has 32 heavy (non-hydrogen) atoms. The van der Waals surface area contributed by atoms with E-state index in [4.69, 9.17) is 23.2 Å². The molecular weight excluding hydrogens is 487 g/mol. The van der Waals surface area contributed by atoms with Gasteiger partial charge in [-0.2, -0.15) is 13.2 Å². The smallest absolute Gasteiger partial charge is 0.296 e. The summed E-state index contributed by atoms with van der Waals surface area (Å²) in [5.41, 5.74) is -0.157. The minimum atomic E-state index is -4.66. The standard InChI is InChI=1S/C21H18Cl2F4N4S/c1-11-3-2-4-31(11)9-16-19(12-5-13(21(25,26)27)7-14(24)6-12)30-17(32-16)8-15-18(22)20(23)29-10-28-15/h5-7,10-11H,2-4,8-9H2,1H3/t11-/m1/s1. The molecule has 3 heterocycles. The molecule has 0 radical (unpaired) electrons. The summed E-state index contributed by atoms with van der Waals surface area (Å²) in [7, 11) is 0. The molecule has 1 fully saturated rings. The molecule has 4 rings (SSSR count). The van der Waals surface area contributed by atoms with Crippen LogP contribution in [-0.2, 0) is 19.1 Å². The van der Waals surface area contributed by atoms with E-state index in [0.717, 1.165) is 36.4 Å². The fraction of sp³-hybridized carbons (Fsp3) is 0.381. The highest BCUT2D eigenvalue weighted by molar-refractivity contribution is 7.12.